The maximum absolute atomic E-state index is 9.34. The number of pyridine rings is 1. The number of hydrogen-bond acceptors (Lipinski definition) is 3. The molecule has 1 aromatic carbocycles. The van der Waals surface area contributed by atoms with Gasteiger partial charge in [0, 0.05) is 36.9 Å². The van der Waals surface area contributed by atoms with Crippen LogP contribution in [-0.4, -0.2) is 37.8 Å². The molecule has 1 aliphatic rings. The highest BCUT2D eigenvalue weighted by Crippen LogP contribution is 2.39. The molecule has 1 fully saturated rings. The third kappa shape index (κ3) is 3.46. The molecule has 2 N–H and O–H groups in total. The van der Waals surface area contributed by atoms with Gasteiger partial charge in [-0.2, -0.15) is 0 Å². The number of nitrogens with one attached hydrogen (secondary N) is 1. The zero-order valence-electron chi connectivity index (χ0n) is 14.9. The third-order valence-electron chi connectivity index (χ3n) is 4.87. The van der Waals surface area contributed by atoms with Gasteiger partial charge in [0.25, 0.3) is 0 Å². The number of aromatic nitrogens is 2. The standard InChI is InChI=1S/C21H22N4OS/c26-15-7-14-25-20(19(23-21(25)27)17-10-4-5-12-22-17)18-11-6-13-24(18)16-8-2-1-3-9-16/h1-6,8-13,19-20,26H,7,14-15H2,(H,23,27)/t19-,20-/m1/s1. The predicted molar refractivity (Wildman–Crippen MR) is 110 cm³/mol. The first-order valence-electron chi connectivity index (χ1n) is 9.11. The Morgan fingerprint density at radius 2 is 1.85 bits per heavy atom. The summed E-state index contributed by atoms with van der Waals surface area (Å²) in [6.45, 7) is 0.829. The summed E-state index contributed by atoms with van der Waals surface area (Å²) in [6, 6.07) is 20.4. The van der Waals surface area contributed by atoms with E-state index in [0.717, 1.165) is 17.1 Å². The van der Waals surface area contributed by atoms with Crippen molar-refractivity contribution in [1.29, 1.82) is 0 Å². The van der Waals surface area contributed by atoms with Gasteiger partial charge in [0.2, 0.25) is 0 Å². The summed E-state index contributed by atoms with van der Waals surface area (Å²) in [5.41, 5.74) is 3.21. The Kier molecular flexibility index (Phi) is 5.18. The maximum atomic E-state index is 9.34. The molecule has 2 atom stereocenters. The molecule has 0 saturated carbocycles. The maximum Gasteiger partial charge on any atom is 0.170 e. The number of aliphatic hydroxyl groups excluding tert-OH is 1. The van der Waals surface area contributed by atoms with E-state index in [4.69, 9.17) is 12.2 Å². The van der Waals surface area contributed by atoms with Crippen LogP contribution in [0, 0.1) is 0 Å². The summed E-state index contributed by atoms with van der Waals surface area (Å²) >= 11 is 5.64. The minimum absolute atomic E-state index is 0.00541. The fourth-order valence-corrected chi connectivity index (χ4v) is 4.00. The van der Waals surface area contributed by atoms with Crippen LogP contribution < -0.4 is 5.32 Å². The molecule has 138 valence electrons. The van der Waals surface area contributed by atoms with E-state index >= 15 is 0 Å². The van der Waals surface area contributed by atoms with Crippen LogP contribution in [0.2, 0.25) is 0 Å². The fourth-order valence-electron chi connectivity index (χ4n) is 3.67. The summed E-state index contributed by atoms with van der Waals surface area (Å²) < 4.78 is 2.20. The molecule has 0 spiro atoms. The summed E-state index contributed by atoms with van der Waals surface area (Å²) in [7, 11) is 0. The van der Waals surface area contributed by atoms with Crippen molar-refractivity contribution >= 4 is 17.3 Å². The first-order chi connectivity index (χ1) is 13.3. The molecule has 3 aromatic rings. The van der Waals surface area contributed by atoms with Gasteiger partial charge in [-0.3, -0.25) is 4.98 Å². The summed E-state index contributed by atoms with van der Waals surface area (Å²) in [5.74, 6) is 0. The number of para-hydroxylation sites is 1. The SMILES string of the molecule is OCCCN1C(=S)N[C@H](c2ccccn2)[C@H]1c1cccn1-c1ccccc1. The van der Waals surface area contributed by atoms with Gasteiger partial charge in [0.05, 0.1) is 17.8 Å². The van der Waals surface area contributed by atoms with Crippen LogP contribution in [0.4, 0.5) is 0 Å². The van der Waals surface area contributed by atoms with E-state index in [2.05, 4.69) is 50.2 Å². The number of thiocarbonyl (C=S) groups is 1. The molecule has 1 saturated heterocycles. The Bertz CT molecular complexity index is 897. The second kappa shape index (κ2) is 7.90. The van der Waals surface area contributed by atoms with Gasteiger partial charge < -0.3 is 19.9 Å². The van der Waals surface area contributed by atoms with Gasteiger partial charge in [0.15, 0.2) is 5.11 Å². The van der Waals surface area contributed by atoms with Crippen LogP contribution in [0.3, 0.4) is 0 Å². The normalized spacial score (nSPS) is 19.3. The molecule has 4 rings (SSSR count). The van der Waals surface area contributed by atoms with Crippen molar-refractivity contribution in [3.63, 3.8) is 0 Å². The molecule has 6 heteroatoms. The number of benzene rings is 1. The minimum Gasteiger partial charge on any atom is -0.396 e. The molecule has 0 aliphatic carbocycles. The molecule has 0 amide bonds. The van der Waals surface area contributed by atoms with Crippen LogP contribution in [0.25, 0.3) is 5.69 Å². The van der Waals surface area contributed by atoms with Crippen LogP contribution in [0.15, 0.2) is 73.1 Å². The first kappa shape index (κ1) is 17.7. The summed E-state index contributed by atoms with van der Waals surface area (Å²) in [4.78, 5) is 6.73. The Morgan fingerprint density at radius 3 is 2.59 bits per heavy atom. The van der Waals surface area contributed by atoms with Crippen LogP contribution >= 0.6 is 12.2 Å². The minimum atomic E-state index is -0.0465. The lowest BCUT2D eigenvalue weighted by Crippen LogP contribution is -2.31. The zero-order chi connectivity index (χ0) is 18.6. The van der Waals surface area contributed by atoms with Gasteiger partial charge in [-0.1, -0.05) is 24.3 Å². The van der Waals surface area contributed by atoms with Crippen LogP contribution in [-0.2, 0) is 0 Å². The third-order valence-corrected chi connectivity index (χ3v) is 5.22. The molecule has 3 heterocycles. The van der Waals surface area contributed by atoms with Gasteiger partial charge in [-0.25, -0.2) is 0 Å². The highest BCUT2D eigenvalue weighted by atomic mass is 32.1. The Morgan fingerprint density at radius 1 is 1.04 bits per heavy atom. The van der Waals surface area contributed by atoms with E-state index in [-0.39, 0.29) is 18.7 Å². The second-order valence-electron chi connectivity index (χ2n) is 6.54. The summed E-state index contributed by atoms with van der Waals surface area (Å²) in [6.07, 6.45) is 4.55. The van der Waals surface area contributed by atoms with Crippen molar-refractivity contribution in [3.05, 3.63) is 84.4 Å². The van der Waals surface area contributed by atoms with E-state index in [1.165, 1.54) is 0 Å². The molecule has 0 unspecified atom stereocenters. The lowest BCUT2D eigenvalue weighted by atomic mass is 10.0. The topological polar surface area (TPSA) is 53.3 Å². The number of rotatable bonds is 6. The van der Waals surface area contributed by atoms with Crippen molar-refractivity contribution in [1.82, 2.24) is 19.8 Å². The van der Waals surface area contributed by atoms with E-state index in [9.17, 15) is 5.11 Å². The monoisotopic (exact) mass is 378 g/mol. The number of hydrogen-bond donors (Lipinski definition) is 2. The molecule has 0 radical (unpaired) electrons. The van der Waals surface area contributed by atoms with Crippen molar-refractivity contribution in [2.24, 2.45) is 0 Å². The van der Waals surface area contributed by atoms with Gasteiger partial charge in [0.1, 0.15) is 0 Å². The molecule has 2 aromatic heterocycles. The molecular weight excluding hydrogens is 356 g/mol. The lowest BCUT2D eigenvalue weighted by molar-refractivity contribution is 0.245. The van der Waals surface area contributed by atoms with Crippen LogP contribution in [0.1, 0.15) is 29.9 Å². The average Bonchev–Trinajstić information content (AvgIpc) is 3.32. The molecule has 5 nitrogen and oxygen atoms in total. The molecule has 0 bridgehead atoms. The quantitative estimate of drug-likeness (QED) is 0.645. The van der Waals surface area contributed by atoms with Crippen molar-refractivity contribution in [2.45, 2.75) is 18.5 Å². The smallest absolute Gasteiger partial charge is 0.170 e. The lowest BCUT2D eigenvalue weighted by Gasteiger charge is -2.28. The molecule has 1 aliphatic heterocycles. The molecule has 27 heavy (non-hydrogen) atoms. The highest BCUT2D eigenvalue weighted by Gasteiger charge is 2.40. The fraction of sp³-hybridized carbons (Fsp3) is 0.238. The van der Waals surface area contributed by atoms with Crippen molar-refractivity contribution in [2.75, 3.05) is 13.2 Å². The van der Waals surface area contributed by atoms with Crippen LogP contribution in [0.5, 0.6) is 0 Å². The Balaban J connectivity index is 1.78. The van der Waals surface area contributed by atoms with Gasteiger partial charge in [-0.05, 0) is 55.0 Å². The van der Waals surface area contributed by atoms with E-state index < -0.39 is 0 Å². The van der Waals surface area contributed by atoms with E-state index in [1.54, 1.807) is 0 Å². The largest absolute Gasteiger partial charge is 0.396 e. The van der Waals surface area contributed by atoms with Gasteiger partial charge in [-0.15, -0.1) is 0 Å². The average molecular weight is 379 g/mol. The first-order valence-corrected chi connectivity index (χ1v) is 9.52. The van der Waals surface area contributed by atoms with Crippen molar-refractivity contribution in [3.8, 4) is 5.69 Å². The van der Waals surface area contributed by atoms with Crippen molar-refractivity contribution < 1.29 is 5.11 Å². The Hall–Kier alpha value is -2.70. The Labute approximate surface area is 164 Å². The number of aliphatic hydroxyl groups is 1. The summed E-state index contributed by atoms with van der Waals surface area (Å²) in [5, 5.41) is 13.5. The number of nitrogens with zero attached hydrogens (tertiary/aromatic N) is 3. The molecular formula is C21H22N4OS. The highest BCUT2D eigenvalue weighted by molar-refractivity contribution is 7.80. The second-order valence-corrected chi connectivity index (χ2v) is 6.92. The zero-order valence-corrected chi connectivity index (χ0v) is 15.7. The predicted octanol–water partition coefficient (Wildman–Crippen LogP) is 3.23. The van der Waals surface area contributed by atoms with E-state index in [1.807, 2.05) is 42.6 Å². The van der Waals surface area contributed by atoms with E-state index in [0.29, 0.717) is 18.1 Å². The van der Waals surface area contributed by atoms with Gasteiger partial charge >= 0.3 is 0 Å².